The van der Waals surface area contributed by atoms with E-state index in [0.29, 0.717) is 11.5 Å². The quantitative estimate of drug-likeness (QED) is 0.776. The topological polar surface area (TPSA) is 59.5 Å². The van der Waals surface area contributed by atoms with Gasteiger partial charge in [0.2, 0.25) is 0 Å². The summed E-state index contributed by atoms with van der Waals surface area (Å²) in [6.45, 7) is 2.77. The molecule has 1 fully saturated rings. The molecule has 6 nitrogen and oxygen atoms in total. The van der Waals surface area contributed by atoms with Crippen LogP contribution in [0.3, 0.4) is 0 Å². The van der Waals surface area contributed by atoms with Crippen LogP contribution in [-0.4, -0.2) is 44.1 Å². The SMILES string of the molecule is COc1cc2nncc(N3CCNCC3c3cccs3)c2cc1OC. The third-order valence-corrected chi connectivity index (χ3v) is 5.52. The molecule has 0 amide bonds. The van der Waals surface area contributed by atoms with Crippen molar-refractivity contribution in [2.45, 2.75) is 6.04 Å². The molecule has 130 valence electrons. The Bertz CT molecular complexity index is 869. The molecule has 1 aromatic carbocycles. The number of nitrogens with one attached hydrogen (secondary N) is 1. The number of ether oxygens (including phenoxy) is 2. The minimum Gasteiger partial charge on any atom is -0.493 e. The number of thiophene rings is 1. The van der Waals surface area contributed by atoms with E-state index in [9.17, 15) is 0 Å². The van der Waals surface area contributed by atoms with Gasteiger partial charge in [0.15, 0.2) is 11.5 Å². The van der Waals surface area contributed by atoms with Crippen LogP contribution in [0.15, 0.2) is 35.8 Å². The highest BCUT2D eigenvalue weighted by atomic mass is 32.1. The zero-order valence-corrected chi connectivity index (χ0v) is 15.0. The first-order chi connectivity index (χ1) is 12.3. The highest BCUT2D eigenvalue weighted by Gasteiger charge is 2.27. The van der Waals surface area contributed by atoms with Crippen LogP contribution in [0.1, 0.15) is 10.9 Å². The van der Waals surface area contributed by atoms with Crippen molar-refractivity contribution in [1.82, 2.24) is 15.5 Å². The molecule has 1 N–H and O–H groups in total. The van der Waals surface area contributed by atoms with Gasteiger partial charge in [0.1, 0.15) is 0 Å². The molecule has 0 aliphatic carbocycles. The molecule has 7 heteroatoms. The lowest BCUT2D eigenvalue weighted by molar-refractivity contribution is 0.355. The Balaban J connectivity index is 1.84. The summed E-state index contributed by atoms with van der Waals surface area (Å²) >= 11 is 1.78. The smallest absolute Gasteiger partial charge is 0.162 e. The van der Waals surface area contributed by atoms with Gasteiger partial charge in [0.25, 0.3) is 0 Å². The summed E-state index contributed by atoms with van der Waals surface area (Å²) in [5, 5.41) is 15.2. The monoisotopic (exact) mass is 356 g/mol. The van der Waals surface area contributed by atoms with Gasteiger partial charge >= 0.3 is 0 Å². The van der Waals surface area contributed by atoms with Gasteiger partial charge in [0, 0.05) is 36.0 Å². The summed E-state index contributed by atoms with van der Waals surface area (Å²) in [6, 6.07) is 8.45. The second-order valence-corrected chi connectivity index (χ2v) is 6.86. The van der Waals surface area contributed by atoms with Crippen LogP contribution in [-0.2, 0) is 0 Å². The Morgan fingerprint density at radius 3 is 2.84 bits per heavy atom. The summed E-state index contributed by atoms with van der Waals surface area (Å²) in [4.78, 5) is 3.75. The summed E-state index contributed by atoms with van der Waals surface area (Å²) in [5.41, 5.74) is 1.88. The van der Waals surface area contributed by atoms with E-state index in [-0.39, 0.29) is 6.04 Å². The Labute approximate surface area is 150 Å². The first kappa shape index (κ1) is 16.1. The second kappa shape index (κ2) is 6.85. The molecule has 2 aromatic heterocycles. The molecular formula is C18H20N4O2S. The molecular weight excluding hydrogens is 336 g/mol. The molecule has 1 aliphatic rings. The third kappa shape index (κ3) is 2.89. The number of anilines is 1. The fraction of sp³-hybridized carbons (Fsp3) is 0.333. The molecule has 0 radical (unpaired) electrons. The highest BCUT2D eigenvalue weighted by Crippen LogP contribution is 2.38. The zero-order valence-electron chi connectivity index (χ0n) is 14.2. The van der Waals surface area contributed by atoms with E-state index in [1.807, 2.05) is 18.3 Å². The predicted octanol–water partition coefficient (Wildman–Crippen LogP) is 2.86. The van der Waals surface area contributed by atoms with Crippen LogP contribution < -0.4 is 19.7 Å². The average molecular weight is 356 g/mol. The largest absolute Gasteiger partial charge is 0.493 e. The molecule has 1 unspecified atom stereocenters. The number of methoxy groups -OCH3 is 2. The van der Waals surface area contributed by atoms with Crippen molar-refractivity contribution in [3.8, 4) is 11.5 Å². The molecule has 4 rings (SSSR count). The lowest BCUT2D eigenvalue weighted by Gasteiger charge is -2.37. The second-order valence-electron chi connectivity index (χ2n) is 5.88. The molecule has 3 aromatic rings. The minimum atomic E-state index is 0.286. The number of fused-ring (bicyclic) bond motifs is 1. The molecule has 0 saturated carbocycles. The number of hydrogen-bond acceptors (Lipinski definition) is 7. The van der Waals surface area contributed by atoms with Gasteiger partial charge in [-0.05, 0) is 17.5 Å². The van der Waals surface area contributed by atoms with Crippen LogP contribution >= 0.6 is 11.3 Å². The zero-order chi connectivity index (χ0) is 17.2. The highest BCUT2D eigenvalue weighted by molar-refractivity contribution is 7.10. The molecule has 1 aliphatic heterocycles. The van der Waals surface area contributed by atoms with Gasteiger partial charge in [-0.3, -0.25) is 0 Å². The van der Waals surface area contributed by atoms with Crippen LogP contribution in [0, 0.1) is 0 Å². The Kier molecular flexibility index (Phi) is 4.42. The fourth-order valence-corrected chi connectivity index (χ4v) is 4.17. The van der Waals surface area contributed by atoms with Crippen molar-refractivity contribution in [1.29, 1.82) is 0 Å². The van der Waals surface area contributed by atoms with Crippen LogP contribution in [0.5, 0.6) is 11.5 Å². The van der Waals surface area contributed by atoms with Gasteiger partial charge < -0.3 is 19.7 Å². The van der Waals surface area contributed by atoms with E-state index < -0.39 is 0 Å². The molecule has 1 saturated heterocycles. The van der Waals surface area contributed by atoms with Gasteiger partial charge in [-0.25, -0.2) is 0 Å². The molecule has 25 heavy (non-hydrogen) atoms. The van der Waals surface area contributed by atoms with Gasteiger partial charge in [0.05, 0.1) is 37.7 Å². The normalized spacial score (nSPS) is 17.7. The number of benzene rings is 1. The lowest BCUT2D eigenvalue weighted by atomic mass is 10.1. The maximum absolute atomic E-state index is 5.48. The number of piperazine rings is 1. The van der Waals surface area contributed by atoms with E-state index in [1.165, 1.54) is 4.88 Å². The van der Waals surface area contributed by atoms with E-state index in [1.54, 1.807) is 25.6 Å². The summed E-state index contributed by atoms with van der Waals surface area (Å²) in [6.07, 6.45) is 1.85. The molecule has 1 atom stereocenters. The standard InChI is InChI=1S/C18H20N4O2S/c1-23-16-8-12-13(9-17(16)24-2)21-20-11-14(12)22-6-5-19-10-15(22)18-4-3-7-25-18/h3-4,7-9,11,15,19H,5-6,10H2,1-2H3. The van der Waals surface area contributed by atoms with E-state index in [4.69, 9.17) is 9.47 Å². The number of rotatable bonds is 4. The summed E-state index contributed by atoms with van der Waals surface area (Å²) in [5.74, 6) is 1.36. The maximum Gasteiger partial charge on any atom is 0.162 e. The summed E-state index contributed by atoms with van der Waals surface area (Å²) < 4.78 is 10.9. The molecule has 3 heterocycles. The van der Waals surface area contributed by atoms with Crippen molar-refractivity contribution in [2.75, 3.05) is 38.8 Å². The third-order valence-electron chi connectivity index (χ3n) is 4.55. The van der Waals surface area contributed by atoms with Crippen LogP contribution in [0.4, 0.5) is 5.69 Å². The van der Waals surface area contributed by atoms with Gasteiger partial charge in [-0.15, -0.1) is 11.3 Å². The fourth-order valence-electron chi connectivity index (χ4n) is 3.33. The minimum absolute atomic E-state index is 0.286. The molecule has 0 spiro atoms. The van der Waals surface area contributed by atoms with Crippen molar-refractivity contribution in [2.24, 2.45) is 0 Å². The van der Waals surface area contributed by atoms with Crippen molar-refractivity contribution in [3.05, 3.63) is 40.7 Å². The lowest BCUT2D eigenvalue weighted by Crippen LogP contribution is -2.46. The van der Waals surface area contributed by atoms with Gasteiger partial charge in [-0.2, -0.15) is 10.2 Å². The average Bonchev–Trinajstić information content (AvgIpc) is 3.21. The first-order valence-corrected chi connectivity index (χ1v) is 9.08. The van der Waals surface area contributed by atoms with Gasteiger partial charge in [-0.1, -0.05) is 6.07 Å². The summed E-state index contributed by atoms with van der Waals surface area (Å²) in [7, 11) is 3.28. The number of aromatic nitrogens is 2. The Morgan fingerprint density at radius 2 is 2.08 bits per heavy atom. The van der Waals surface area contributed by atoms with Crippen LogP contribution in [0.2, 0.25) is 0 Å². The van der Waals surface area contributed by atoms with E-state index in [0.717, 1.165) is 36.2 Å². The van der Waals surface area contributed by atoms with Crippen molar-refractivity contribution in [3.63, 3.8) is 0 Å². The van der Waals surface area contributed by atoms with E-state index in [2.05, 4.69) is 37.9 Å². The number of hydrogen-bond donors (Lipinski definition) is 1. The number of nitrogens with zero attached hydrogens (tertiary/aromatic N) is 3. The van der Waals surface area contributed by atoms with Crippen molar-refractivity contribution >= 4 is 27.9 Å². The van der Waals surface area contributed by atoms with Crippen molar-refractivity contribution < 1.29 is 9.47 Å². The Morgan fingerprint density at radius 1 is 1.24 bits per heavy atom. The first-order valence-electron chi connectivity index (χ1n) is 8.20. The maximum atomic E-state index is 5.48. The predicted molar refractivity (Wildman–Crippen MR) is 99.9 cm³/mol. The van der Waals surface area contributed by atoms with Crippen LogP contribution in [0.25, 0.3) is 10.9 Å². The Hall–Kier alpha value is -2.38. The van der Waals surface area contributed by atoms with E-state index >= 15 is 0 Å². The molecule has 0 bridgehead atoms.